The molecule has 0 aliphatic carbocycles. The van der Waals surface area contributed by atoms with Gasteiger partial charge in [0.15, 0.2) is 5.78 Å². The van der Waals surface area contributed by atoms with Gasteiger partial charge in [0.05, 0.1) is 5.69 Å². The third kappa shape index (κ3) is 2.84. The highest BCUT2D eigenvalue weighted by molar-refractivity contribution is 6.00. The molecule has 2 aromatic carbocycles. The SMILES string of the molecule is CC(=O)c1ccccc1N(C)c1cc(C)cc(C)c1. The van der Waals surface area contributed by atoms with Crippen molar-refractivity contribution in [3.8, 4) is 0 Å². The van der Waals surface area contributed by atoms with E-state index in [9.17, 15) is 4.79 Å². The smallest absolute Gasteiger partial charge is 0.161 e. The van der Waals surface area contributed by atoms with E-state index in [-0.39, 0.29) is 5.78 Å². The molecule has 0 saturated carbocycles. The zero-order valence-electron chi connectivity index (χ0n) is 11.9. The predicted molar refractivity (Wildman–Crippen MR) is 80.4 cm³/mol. The summed E-state index contributed by atoms with van der Waals surface area (Å²) in [6.45, 7) is 5.77. The lowest BCUT2D eigenvalue weighted by molar-refractivity contribution is 0.101. The van der Waals surface area contributed by atoms with Gasteiger partial charge in [-0.25, -0.2) is 0 Å². The van der Waals surface area contributed by atoms with Crippen molar-refractivity contribution in [1.82, 2.24) is 0 Å². The minimum atomic E-state index is 0.0897. The zero-order valence-corrected chi connectivity index (χ0v) is 11.9. The molecule has 0 unspecified atom stereocenters. The van der Waals surface area contributed by atoms with Crippen LogP contribution in [0.5, 0.6) is 0 Å². The summed E-state index contributed by atoms with van der Waals surface area (Å²) in [7, 11) is 2.00. The number of aryl methyl sites for hydroxylation is 2. The van der Waals surface area contributed by atoms with Crippen molar-refractivity contribution >= 4 is 17.2 Å². The number of rotatable bonds is 3. The Morgan fingerprint density at radius 1 is 1.00 bits per heavy atom. The van der Waals surface area contributed by atoms with E-state index < -0.39 is 0 Å². The number of nitrogens with zero attached hydrogens (tertiary/aromatic N) is 1. The third-order valence-corrected chi connectivity index (χ3v) is 3.24. The van der Waals surface area contributed by atoms with Gasteiger partial charge in [0, 0.05) is 18.3 Å². The maximum atomic E-state index is 11.7. The Bertz CT molecular complexity index is 596. The summed E-state index contributed by atoms with van der Waals surface area (Å²) >= 11 is 0. The van der Waals surface area contributed by atoms with E-state index in [0.29, 0.717) is 0 Å². The number of hydrogen-bond donors (Lipinski definition) is 0. The largest absolute Gasteiger partial charge is 0.344 e. The van der Waals surface area contributed by atoms with Crippen LogP contribution in [0, 0.1) is 13.8 Å². The quantitative estimate of drug-likeness (QED) is 0.761. The van der Waals surface area contributed by atoms with Gasteiger partial charge in [0.1, 0.15) is 0 Å². The lowest BCUT2D eigenvalue weighted by Crippen LogP contribution is -2.13. The van der Waals surface area contributed by atoms with Gasteiger partial charge >= 0.3 is 0 Å². The molecule has 0 amide bonds. The maximum absolute atomic E-state index is 11.7. The molecule has 19 heavy (non-hydrogen) atoms. The van der Waals surface area contributed by atoms with Crippen LogP contribution in [0.15, 0.2) is 42.5 Å². The van der Waals surface area contributed by atoms with E-state index in [1.807, 2.05) is 31.3 Å². The van der Waals surface area contributed by atoms with Crippen molar-refractivity contribution < 1.29 is 4.79 Å². The molecule has 0 fully saturated rings. The van der Waals surface area contributed by atoms with Gasteiger partial charge in [-0.15, -0.1) is 0 Å². The molecule has 0 bridgehead atoms. The number of anilines is 2. The van der Waals surface area contributed by atoms with Crippen LogP contribution in [0.25, 0.3) is 0 Å². The molecule has 0 aliphatic heterocycles. The molecule has 0 spiro atoms. The van der Waals surface area contributed by atoms with Gasteiger partial charge in [-0.1, -0.05) is 18.2 Å². The van der Waals surface area contributed by atoms with E-state index in [1.165, 1.54) is 11.1 Å². The molecular formula is C17H19NO. The molecule has 0 aliphatic rings. The molecule has 0 radical (unpaired) electrons. The summed E-state index contributed by atoms with van der Waals surface area (Å²) < 4.78 is 0. The Morgan fingerprint density at radius 2 is 1.58 bits per heavy atom. The highest BCUT2D eigenvalue weighted by Gasteiger charge is 2.12. The fraction of sp³-hybridized carbons (Fsp3) is 0.235. The van der Waals surface area contributed by atoms with Crippen molar-refractivity contribution in [3.05, 3.63) is 59.2 Å². The van der Waals surface area contributed by atoms with Gasteiger partial charge in [0.25, 0.3) is 0 Å². The van der Waals surface area contributed by atoms with Crippen LogP contribution in [0.4, 0.5) is 11.4 Å². The molecule has 0 atom stereocenters. The van der Waals surface area contributed by atoms with Crippen molar-refractivity contribution in [3.63, 3.8) is 0 Å². The van der Waals surface area contributed by atoms with Crippen molar-refractivity contribution in [2.24, 2.45) is 0 Å². The van der Waals surface area contributed by atoms with Crippen molar-refractivity contribution in [2.75, 3.05) is 11.9 Å². The van der Waals surface area contributed by atoms with Gasteiger partial charge in [-0.3, -0.25) is 4.79 Å². The van der Waals surface area contributed by atoms with Crippen LogP contribution in [-0.4, -0.2) is 12.8 Å². The second-order valence-electron chi connectivity index (χ2n) is 4.98. The number of Topliss-reactive ketones (excluding diaryl/α,β-unsaturated/α-hetero) is 1. The van der Waals surface area contributed by atoms with E-state index in [2.05, 4.69) is 36.9 Å². The number of para-hydroxylation sites is 1. The molecule has 0 saturated heterocycles. The van der Waals surface area contributed by atoms with Crippen LogP contribution in [0.2, 0.25) is 0 Å². The van der Waals surface area contributed by atoms with Gasteiger partial charge in [-0.2, -0.15) is 0 Å². The fourth-order valence-corrected chi connectivity index (χ4v) is 2.35. The van der Waals surface area contributed by atoms with Gasteiger partial charge < -0.3 is 4.90 Å². The van der Waals surface area contributed by atoms with Crippen LogP contribution < -0.4 is 4.90 Å². The van der Waals surface area contributed by atoms with Crippen LogP contribution in [-0.2, 0) is 0 Å². The Kier molecular flexibility index (Phi) is 3.70. The van der Waals surface area contributed by atoms with E-state index >= 15 is 0 Å². The normalized spacial score (nSPS) is 10.3. The summed E-state index contributed by atoms with van der Waals surface area (Å²) in [5.74, 6) is 0.0897. The molecular weight excluding hydrogens is 234 g/mol. The van der Waals surface area contributed by atoms with Crippen LogP contribution >= 0.6 is 0 Å². The number of hydrogen-bond acceptors (Lipinski definition) is 2. The van der Waals surface area contributed by atoms with E-state index in [0.717, 1.165) is 16.9 Å². The average molecular weight is 253 g/mol. The average Bonchev–Trinajstić information content (AvgIpc) is 2.36. The summed E-state index contributed by atoms with van der Waals surface area (Å²) in [4.78, 5) is 13.8. The Hall–Kier alpha value is -2.09. The fourth-order valence-electron chi connectivity index (χ4n) is 2.35. The Morgan fingerprint density at radius 3 is 2.16 bits per heavy atom. The Labute approximate surface area is 114 Å². The maximum Gasteiger partial charge on any atom is 0.161 e. The van der Waals surface area contributed by atoms with Crippen LogP contribution in [0.1, 0.15) is 28.4 Å². The first-order valence-corrected chi connectivity index (χ1v) is 6.41. The second-order valence-corrected chi connectivity index (χ2v) is 4.98. The minimum absolute atomic E-state index is 0.0897. The number of benzene rings is 2. The highest BCUT2D eigenvalue weighted by atomic mass is 16.1. The van der Waals surface area contributed by atoms with Crippen molar-refractivity contribution in [2.45, 2.75) is 20.8 Å². The van der Waals surface area contributed by atoms with Gasteiger partial charge in [-0.05, 0) is 56.2 Å². The first-order chi connectivity index (χ1) is 8.99. The van der Waals surface area contributed by atoms with E-state index in [4.69, 9.17) is 0 Å². The topological polar surface area (TPSA) is 20.3 Å². The molecule has 0 N–H and O–H groups in total. The number of carbonyl (C=O) groups is 1. The number of ketones is 1. The monoisotopic (exact) mass is 253 g/mol. The molecule has 0 aromatic heterocycles. The van der Waals surface area contributed by atoms with E-state index in [1.54, 1.807) is 6.92 Å². The standard InChI is InChI=1S/C17H19NO/c1-12-9-13(2)11-15(10-12)18(4)17-8-6-5-7-16(17)14(3)19/h5-11H,1-4H3. The lowest BCUT2D eigenvalue weighted by atomic mass is 10.1. The van der Waals surface area contributed by atoms with Crippen molar-refractivity contribution in [1.29, 1.82) is 0 Å². The van der Waals surface area contributed by atoms with Gasteiger partial charge in [0.2, 0.25) is 0 Å². The number of carbonyl (C=O) groups excluding carboxylic acids is 1. The molecule has 2 heteroatoms. The summed E-state index contributed by atoms with van der Waals surface area (Å²) in [5, 5.41) is 0. The summed E-state index contributed by atoms with van der Waals surface area (Å²) in [5.41, 5.74) is 5.25. The first-order valence-electron chi connectivity index (χ1n) is 6.41. The molecule has 2 rings (SSSR count). The summed E-state index contributed by atoms with van der Waals surface area (Å²) in [6.07, 6.45) is 0. The molecule has 0 heterocycles. The zero-order chi connectivity index (χ0) is 14.0. The molecule has 2 nitrogen and oxygen atoms in total. The third-order valence-electron chi connectivity index (χ3n) is 3.24. The van der Waals surface area contributed by atoms with Crippen LogP contribution in [0.3, 0.4) is 0 Å². The molecule has 98 valence electrons. The first kappa shape index (κ1) is 13.3. The summed E-state index contributed by atoms with van der Waals surface area (Å²) in [6, 6.07) is 14.1. The minimum Gasteiger partial charge on any atom is -0.344 e. The highest BCUT2D eigenvalue weighted by Crippen LogP contribution is 2.28. The predicted octanol–water partition coefficient (Wildman–Crippen LogP) is 4.27. The second kappa shape index (κ2) is 5.27. The lowest BCUT2D eigenvalue weighted by Gasteiger charge is -2.22. The molecule has 2 aromatic rings. The Balaban J connectivity index is 2.49.